The predicted molar refractivity (Wildman–Crippen MR) is 105 cm³/mol. The Balaban J connectivity index is 1.61. The molecule has 1 amide bonds. The molecule has 3 N–H and O–H groups in total. The first-order chi connectivity index (χ1) is 13.4. The van der Waals surface area contributed by atoms with E-state index in [0.29, 0.717) is 23.1 Å². The van der Waals surface area contributed by atoms with E-state index in [9.17, 15) is 27.3 Å². The number of nitrogens with one attached hydrogen (secondary N) is 1. The second-order valence-corrected chi connectivity index (χ2v) is 10.7. The zero-order chi connectivity index (χ0) is 21.2. The van der Waals surface area contributed by atoms with Gasteiger partial charge in [0.15, 0.2) is 0 Å². The fourth-order valence-corrected chi connectivity index (χ4v) is 7.02. The minimum atomic E-state index is -4.92. The first kappa shape index (κ1) is 20.6. The Bertz CT molecular complexity index is 919. The molecule has 0 aromatic heterocycles. The van der Waals surface area contributed by atoms with Gasteiger partial charge in [-0.25, -0.2) is 8.70 Å². The van der Waals surface area contributed by atoms with E-state index in [1.54, 1.807) is 0 Å². The Kier molecular flexibility index (Phi) is 4.71. The summed E-state index contributed by atoms with van der Waals surface area (Å²) in [4.78, 5) is 13.2. The van der Waals surface area contributed by atoms with E-state index in [2.05, 4.69) is 5.32 Å². The van der Waals surface area contributed by atoms with E-state index in [1.807, 2.05) is 0 Å². The van der Waals surface area contributed by atoms with Crippen LogP contribution in [0.3, 0.4) is 0 Å². The molecule has 4 aliphatic carbocycles. The molecule has 0 heterocycles. The quantitative estimate of drug-likeness (QED) is 0.626. The van der Waals surface area contributed by atoms with Crippen LogP contribution in [0, 0.1) is 23.6 Å². The summed E-state index contributed by atoms with van der Waals surface area (Å²) < 4.78 is 48.8. The van der Waals surface area contributed by atoms with Crippen molar-refractivity contribution in [2.45, 2.75) is 63.1 Å². The summed E-state index contributed by atoms with van der Waals surface area (Å²) in [5, 5.41) is 13.7. The summed E-state index contributed by atoms with van der Waals surface area (Å²) in [6, 6.07) is 4.94. The molecular formula is C20H27FN2O5S. The van der Waals surface area contributed by atoms with Crippen LogP contribution in [0.2, 0.25) is 0 Å². The molecule has 160 valence electrons. The summed E-state index contributed by atoms with van der Waals surface area (Å²) in [5.74, 6) is -0.727. The summed E-state index contributed by atoms with van der Waals surface area (Å²) in [5.41, 5.74) is -2.81. The maximum Gasteiger partial charge on any atom is 0.361 e. The number of hydrogen-bond donors (Lipinski definition) is 3. The van der Waals surface area contributed by atoms with Crippen LogP contribution in [0.25, 0.3) is 0 Å². The monoisotopic (exact) mass is 426 g/mol. The molecule has 4 fully saturated rings. The minimum Gasteiger partial charge on any atom is -0.390 e. The largest absolute Gasteiger partial charge is 0.390 e. The number of para-hydroxylation sites is 1. The number of amides is 1. The Morgan fingerprint density at radius 2 is 1.79 bits per heavy atom. The lowest BCUT2D eigenvalue weighted by Gasteiger charge is -2.58. The number of carbonyl (C=O) groups excluding carboxylic acids is 1. The normalized spacial score (nSPS) is 33.6. The van der Waals surface area contributed by atoms with Crippen LogP contribution in [-0.2, 0) is 15.1 Å². The standard InChI is InChI=1S/C20H27FN2O5S/c1-19(2,23(29(26,27)28)16-6-4-3-5-15(16)21)18(24)22-17-13-7-12-8-14(17)11-20(25,9-12)10-13/h3-6,12-14,17,25H,7-11H2,1-2H3,(H,22,24)(H,26,27,28). The fourth-order valence-electron chi connectivity index (χ4n) is 5.97. The topological polar surface area (TPSA) is 107 Å². The lowest BCUT2D eigenvalue weighted by molar-refractivity contribution is -0.148. The van der Waals surface area contributed by atoms with Crippen LogP contribution in [0.15, 0.2) is 24.3 Å². The maximum atomic E-state index is 14.3. The first-order valence-corrected chi connectivity index (χ1v) is 11.4. The van der Waals surface area contributed by atoms with Crippen molar-refractivity contribution < 1.29 is 27.3 Å². The fraction of sp³-hybridized carbons (Fsp3) is 0.650. The molecule has 29 heavy (non-hydrogen) atoms. The number of carbonyl (C=O) groups is 1. The molecule has 0 spiro atoms. The van der Waals surface area contributed by atoms with Crippen LogP contribution in [0.4, 0.5) is 10.1 Å². The third kappa shape index (κ3) is 3.53. The number of aliphatic hydroxyl groups is 1. The minimum absolute atomic E-state index is 0.138. The number of halogens is 1. The van der Waals surface area contributed by atoms with E-state index in [4.69, 9.17) is 0 Å². The molecule has 2 unspecified atom stereocenters. The van der Waals surface area contributed by atoms with Crippen LogP contribution in [0.5, 0.6) is 0 Å². The molecule has 4 bridgehead atoms. The van der Waals surface area contributed by atoms with Gasteiger partial charge in [-0.05, 0) is 75.8 Å². The van der Waals surface area contributed by atoms with E-state index >= 15 is 0 Å². The van der Waals surface area contributed by atoms with Crippen molar-refractivity contribution in [3.63, 3.8) is 0 Å². The highest BCUT2D eigenvalue weighted by Gasteiger charge is 2.56. The summed E-state index contributed by atoms with van der Waals surface area (Å²) >= 11 is 0. The Labute approximate surface area is 170 Å². The molecule has 1 aromatic rings. The van der Waals surface area contributed by atoms with Crippen LogP contribution in [0.1, 0.15) is 46.0 Å². The van der Waals surface area contributed by atoms with Crippen molar-refractivity contribution in [3.8, 4) is 0 Å². The third-order valence-corrected chi connectivity index (χ3v) is 8.02. The van der Waals surface area contributed by atoms with Crippen LogP contribution >= 0.6 is 0 Å². The van der Waals surface area contributed by atoms with Crippen molar-refractivity contribution >= 4 is 21.9 Å². The van der Waals surface area contributed by atoms with Gasteiger partial charge in [0.1, 0.15) is 11.4 Å². The Morgan fingerprint density at radius 1 is 1.21 bits per heavy atom. The van der Waals surface area contributed by atoms with Gasteiger partial charge in [-0.3, -0.25) is 9.35 Å². The molecule has 0 aliphatic heterocycles. The van der Waals surface area contributed by atoms with Gasteiger partial charge >= 0.3 is 10.3 Å². The molecule has 1 aromatic carbocycles. The average molecular weight is 427 g/mol. The number of rotatable bonds is 5. The van der Waals surface area contributed by atoms with Crippen LogP contribution in [-0.4, -0.2) is 41.2 Å². The molecule has 4 aliphatic rings. The molecule has 9 heteroatoms. The second-order valence-electron chi connectivity index (χ2n) is 9.45. The van der Waals surface area contributed by atoms with Crippen LogP contribution < -0.4 is 9.62 Å². The highest BCUT2D eigenvalue weighted by molar-refractivity contribution is 7.87. The Hall–Kier alpha value is -1.71. The second kappa shape index (κ2) is 6.65. The van der Waals surface area contributed by atoms with Gasteiger partial charge in [0.05, 0.1) is 11.3 Å². The van der Waals surface area contributed by atoms with E-state index in [0.717, 1.165) is 25.3 Å². The smallest absolute Gasteiger partial charge is 0.361 e. The molecule has 4 saturated carbocycles. The van der Waals surface area contributed by atoms with Gasteiger partial charge < -0.3 is 10.4 Å². The molecule has 0 saturated heterocycles. The number of nitrogens with zero attached hydrogens (tertiary/aromatic N) is 1. The van der Waals surface area contributed by atoms with Crippen molar-refractivity contribution in [2.24, 2.45) is 17.8 Å². The Morgan fingerprint density at radius 3 is 2.31 bits per heavy atom. The van der Waals surface area contributed by atoms with Crippen molar-refractivity contribution in [2.75, 3.05) is 4.31 Å². The first-order valence-electron chi connectivity index (χ1n) is 9.96. The van der Waals surface area contributed by atoms with Crippen molar-refractivity contribution in [3.05, 3.63) is 30.1 Å². The zero-order valence-corrected chi connectivity index (χ0v) is 17.3. The molecular weight excluding hydrogens is 399 g/mol. The van der Waals surface area contributed by atoms with E-state index in [1.165, 1.54) is 32.0 Å². The third-order valence-electron chi connectivity index (χ3n) is 6.90. The van der Waals surface area contributed by atoms with Crippen molar-refractivity contribution in [1.82, 2.24) is 5.32 Å². The summed E-state index contributed by atoms with van der Waals surface area (Å²) in [6.07, 6.45) is 3.93. The highest BCUT2D eigenvalue weighted by atomic mass is 32.2. The van der Waals surface area contributed by atoms with Gasteiger partial charge in [0.25, 0.3) is 0 Å². The van der Waals surface area contributed by atoms with Gasteiger partial charge in [0.2, 0.25) is 5.91 Å². The maximum absolute atomic E-state index is 14.3. The van der Waals surface area contributed by atoms with Gasteiger partial charge in [0, 0.05) is 6.04 Å². The number of anilines is 1. The van der Waals surface area contributed by atoms with Crippen molar-refractivity contribution in [1.29, 1.82) is 0 Å². The van der Waals surface area contributed by atoms with Gasteiger partial charge in [-0.15, -0.1) is 0 Å². The van der Waals surface area contributed by atoms with Gasteiger partial charge in [-0.1, -0.05) is 12.1 Å². The summed E-state index contributed by atoms with van der Waals surface area (Å²) in [7, 11) is -4.92. The number of benzene rings is 1. The molecule has 2 atom stereocenters. The highest BCUT2D eigenvalue weighted by Crippen LogP contribution is 2.55. The molecule has 5 rings (SSSR count). The summed E-state index contributed by atoms with van der Waals surface area (Å²) in [6.45, 7) is 2.68. The lowest BCUT2D eigenvalue weighted by atomic mass is 9.52. The van der Waals surface area contributed by atoms with E-state index in [-0.39, 0.29) is 17.9 Å². The van der Waals surface area contributed by atoms with Gasteiger partial charge in [-0.2, -0.15) is 8.42 Å². The molecule has 7 nitrogen and oxygen atoms in total. The SMILES string of the molecule is CC(C)(C(=O)NC1C2CC3CC1CC(O)(C3)C2)N(c1ccccc1F)S(=O)(=O)O. The average Bonchev–Trinajstić information content (AvgIpc) is 2.57. The molecule has 0 radical (unpaired) electrons. The van der Waals surface area contributed by atoms with E-state index < -0.39 is 38.9 Å². The predicted octanol–water partition coefficient (Wildman–Crippen LogP) is 2.27. The number of hydrogen-bond acceptors (Lipinski definition) is 4. The lowest BCUT2D eigenvalue weighted by Crippen LogP contribution is -2.65. The zero-order valence-electron chi connectivity index (χ0n) is 16.5.